The SMILES string of the molecule is CC(C)OC(=O)c1c(NC(=O)CSc2nnc(-c3ccco3)n2C(C)C)sc2c1CCCC2. The number of hydrogen-bond donors (Lipinski definition) is 1. The van der Waals surface area contributed by atoms with Gasteiger partial charge in [0.2, 0.25) is 11.7 Å². The molecule has 1 aliphatic rings. The Labute approximate surface area is 201 Å². The molecule has 1 aliphatic carbocycles. The number of hydrogen-bond acceptors (Lipinski definition) is 8. The maximum atomic E-state index is 12.9. The molecular formula is C23H28N4O4S2. The number of esters is 1. The number of aromatic nitrogens is 3. The lowest BCUT2D eigenvalue weighted by Gasteiger charge is -2.14. The van der Waals surface area contributed by atoms with Crippen molar-refractivity contribution in [1.82, 2.24) is 14.8 Å². The van der Waals surface area contributed by atoms with Crippen molar-refractivity contribution in [3.63, 3.8) is 0 Å². The largest absolute Gasteiger partial charge is 0.461 e. The number of aryl methyl sites for hydroxylation is 1. The second kappa shape index (κ2) is 10.1. The van der Waals surface area contributed by atoms with Gasteiger partial charge in [-0.15, -0.1) is 21.5 Å². The Morgan fingerprint density at radius 1 is 1.24 bits per heavy atom. The topological polar surface area (TPSA) is 99.2 Å². The normalized spacial score (nSPS) is 13.4. The summed E-state index contributed by atoms with van der Waals surface area (Å²) in [5, 5.41) is 12.7. The molecule has 3 aromatic heterocycles. The molecule has 8 nitrogen and oxygen atoms in total. The van der Waals surface area contributed by atoms with Gasteiger partial charge in [-0.3, -0.25) is 9.36 Å². The van der Waals surface area contributed by atoms with Gasteiger partial charge in [0.05, 0.1) is 23.7 Å². The van der Waals surface area contributed by atoms with Gasteiger partial charge in [-0.1, -0.05) is 11.8 Å². The molecule has 0 bridgehead atoms. The van der Waals surface area contributed by atoms with Crippen LogP contribution in [0, 0.1) is 0 Å². The lowest BCUT2D eigenvalue weighted by Crippen LogP contribution is -2.19. The van der Waals surface area contributed by atoms with Crippen LogP contribution in [-0.4, -0.2) is 38.5 Å². The van der Waals surface area contributed by atoms with E-state index in [1.54, 1.807) is 12.3 Å². The van der Waals surface area contributed by atoms with Crippen LogP contribution < -0.4 is 5.32 Å². The number of ether oxygens (including phenoxy) is 1. The molecule has 0 unspecified atom stereocenters. The summed E-state index contributed by atoms with van der Waals surface area (Å²) in [5.41, 5.74) is 1.55. The number of fused-ring (bicyclic) bond motifs is 1. The third-order valence-electron chi connectivity index (χ3n) is 5.23. The predicted octanol–water partition coefficient (Wildman–Crippen LogP) is 5.36. The van der Waals surface area contributed by atoms with Crippen molar-refractivity contribution < 1.29 is 18.7 Å². The van der Waals surface area contributed by atoms with Crippen LogP contribution in [0.2, 0.25) is 0 Å². The van der Waals surface area contributed by atoms with E-state index in [9.17, 15) is 9.59 Å². The van der Waals surface area contributed by atoms with Gasteiger partial charge in [0, 0.05) is 10.9 Å². The molecule has 3 aromatic rings. The van der Waals surface area contributed by atoms with Crippen LogP contribution in [0.25, 0.3) is 11.6 Å². The Hall–Kier alpha value is -2.59. The van der Waals surface area contributed by atoms with Crippen LogP contribution >= 0.6 is 23.1 Å². The fraction of sp³-hybridized carbons (Fsp3) is 0.478. The first-order valence-corrected chi connectivity index (χ1v) is 12.9. The minimum Gasteiger partial charge on any atom is -0.461 e. The van der Waals surface area contributed by atoms with Gasteiger partial charge in [0.15, 0.2) is 10.9 Å². The minimum atomic E-state index is -0.366. The monoisotopic (exact) mass is 488 g/mol. The fourth-order valence-electron chi connectivity index (χ4n) is 3.85. The summed E-state index contributed by atoms with van der Waals surface area (Å²) in [5.74, 6) is 0.835. The number of nitrogens with zero attached hydrogens (tertiary/aromatic N) is 3. The van der Waals surface area contributed by atoms with Crippen LogP contribution in [0.3, 0.4) is 0 Å². The molecule has 176 valence electrons. The first kappa shape index (κ1) is 23.6. The number of thioether (sulfide) groups is 1. The van der Waals surface area contributed by atoms with E-state index >= 15 is 0 Å². The molecule has 0 radical (unpaired) electrons. The van der Waals surface area contributed by atoms with E-state index in [2.05, 4.69) is 15.5 Å². The second-order valence-corrected chi connectivity index (χ2v) is 10.5. The van der Waals surface area contributed by atoms with E-state index in [4.69, 9.17) is 9.15 Å². The van der Waals surface area contributed by atoms with Gasteiger partial charge >= 0.3 is 5.97 Å². The Morgan fingerprint density at radius 3 is 2.73 bits per heavy atom. The highest BCUT2D eigenvalue weighted by Gasteiger charge is 2.28. The molecule has 0 aromatic carbocycles. The molecule has 0 saturated carbocycles. The summed E-state index contributed by atoms with van der Waals surface area (Å²) in [6.45, 7) is 7.71. The quantitative estimate of drug-likeness (QED) is 0.337. The number of amides is 1. The highest BCUT2D eigenvalue weighted by atomic mass is 32.2. The first-order chi connectivity index (χ1) is 15.8. The van der Waals surface area contributed by atoms with Gasteiger partial charge in [0.25, 0.3) is 0 Å². The van der Waals surface area contributed by atoms with E-state index < -0.39 is 0 Å². The lowest BCUT2D eigenvalue weighted by atomic mass is 9.95. The summed E-state index contributed by atoms with van der Waals surface area (Å²) in [6.07, 6.45) is 5.28. The molecule has 0 fully saturated rings. The van der Waals surface area contributed by atoms with Crippen LogP contribution in [0.5, 0.6) is 0 Å². The lowest BCUT2D eigenvalue weighted by molar-refractivity contribution is -0.113. The maximum absolute atomic E-state index is 12.9. The van der Waals surface area contributed by atoms with E-state index in [-0.39, 0.29) is 29.8 Å². The van der Waals surface area contributed by atoms with Gasteiger partial charge in [0.1, 0.15) is 5.00 Å². The van der Waals surface area contributed by atoms with E-state index in [1.165, 1.54) is 28.0 Å². The Bertz CT molecular complexity index is 1130. The molecule has 0 aliphatic heterocycles. The van der Waals surface area contributed by atoms with Crippen LogP contribution in [0.15, 0.2) is 28.0 Å². The average Bonchev–Trinajstić information content (AvgIpc) is 3.48. The number of nitrogens with one attached hydrogen (secondary N) is 1. The smallest absolute Gasteiger partial charge is 0.341 e. The van der Waals surface area contributed by atoms with Gasteiger partial charge in [-0.2, -0.15) is 0 Å². The summed E-state index contributed by atoms with van der Waals surface area (Å²) < 4.78 is 12.9. The Balaban J connectivity index is 1.50. The predicted molar refractivity (Wildman–Crippen MR) is 129 cm³/mol. The van der Waals surface area contributed by atoms with Crippen LogP contribution in [0.1, 0.15) is 67.4 Å². The molecule has 1 N–H and O–H groups in total. The van der Waals surface area contributed by atoms with Crippen molar-refractivity contribution in [2.24, 2.45) is 0 Å². The number of carbonyl (C=O) groups excluding carboxylic acids is 2. The zero-order valence-corrected chi connectivity index (χ0v) is 20.8. The zero-order chi connectivity index (χ0) is 23.5. The van der Waals surface area contributed by atoms with Crippen molar-refractivity contribution in [3.8, 4) is 11.6 Å². The third kappa shape index (κ3) is 5.16. The van der Waals surface area contributed by atoms with E-state index in [0.29, 0.717) is 27.3 Å². The van der Waals surface area contributed by atoms with Gasteiger partial charge in [-0.05, 0) is 71.1 Å². The standard InChI is InChI=1S/C23H28N4O4S2/c1-13(2)27-20(16-9-7-11-30-16)25-26-23(27)32-12-18(28)24-21-19(22(29)31-14(3)4)15-8-5-6-10-17(15)33-21/h7,9,11,13-14H,5-6,8,10,12H2,1-4H3,(H,24,28). The number of anilines is 1. The molecular weight excluding hydrogens is 460 g/mol. The van der Waals surface area contributed by atoms with Crippen molar-refractivity contribution in [2.45, 2.75) is 70.7 Å². The molecule has 0 atom stereocenters. The average molecular weight is 489 g/mol. The van der Waals surface area contributed by atoms with Gasteiger partial charge < -0.3 is 14.5 Å². The third-order valence-corrected chi connectivity index (χ3v) is 7.38. The number of rotatable bonds is 8. The first-order valence-electron chi connectivity index (χ1n) is 11.1. The Kier molecular flexibility index (Phi) is 7.23. The fourth-order valence-corrected chi connectivity index (χ4v) is 6.01. The number of carbonyl (C=O) groups is 2. The molecule has 10 heteroatoms. The second-order valence-electron chi connectivity index (χ2n) is 8.45. The summed E-state index contributed by atoms with van der Waals surface area (Å²) in [7, 11) is 0. The minimum absolute atomic E-state index is 0.0899. The Morgan fingerprint density at radius 2 is 2.03 bits per heavy atom. The zero-order valence-electron chi connectivity index (χ0n) is 19.2. The maximum Gasteiger partial charge on any atom is 0.341 e. The molecule has 0 saturated heterocycles. The summed E-state index contributed by atoms with van der Waals surface area (Å²) in [6, 6.07) is 3.73. The molecule has 3 heterocycles. The van der Waals surface area contributed by atoms with Gasteiger partial charge in [-0.25, -0.2) is 4.79 Å². The van der Waals surface area contributed by atoms with E-state index in [1.807, 2.05) is 38.3 Å². The highest BCUT2D eigenvalue weighted by Crippen LogP contribution is 2.39. The molecule has 33 heavy (non-hydrogen) atoms. The molecule has 1 amide bonds. The van der Waals surface area contributed by atoms with E-state index in [0.717, 1.165) is 31.2 Å². The summed E-state index contributed by atoms with van der Waals surface area (Å²) >= 11 is 2.79. The number of thiophene rings is 1. The summed E-state index contributed by atoms with van der Waals surface area (Å²) in [4.78, 5) is 26.8. The van der Waals surface area contributed by atoms with Crippen molar-refractivity contribution in [2.75, 3.05) is 11.1 Å². The molecule has 0 spiro atoms. The highest BCUT2D eigenvalue weighted by molar-refractivity contribution is 7.99. The van der Waals surface area contributed by atoms with Crippen molar-refractivity contribution >= 4 is 40.0 Å². The van der Waals surface area contributed by atoms with Crippen molar-refractivity contribution in [3.05, 3.63) is 34.4 Å². The van der Waals surface area contributed by atoms with Crippen molar-refractivity contribution in [1.29, 1.82) is 0 Å². The number of furan rings is 1. The molecule has 4 rings (SSSR count). The van der Waals surface area contributed by atoms with Crippen LogP contribution in [0.4, 0.5) is 5.00 Å². The van der Waals surface area contributed by atoms with Crippen LogP contribution in [-0.2, 0) is 22.4 Å².